The summed E-state index contributed by atoms with van der Waals surface area (Å²) in [6.07, 6.45) is 0.577. The molecule has 6 nitrogen and oxygen atoms in total. The van der Waals surface area contributed by atoms with E-state index in [0.29, 0.717) is 11.4 Å². The molecule has 1 unspecified atom stereocenters. The molecule has 0 aliphatic heterocycles. The number of carbonyl (C=O) groups excluding carboxylic acids is 1. The molecule has 0 saturated carbocycles. The Labute approximate surface area is 189 Å². The van der Waals surface area contributed by atoms with Crippen molar-refractivity contribution in [3.63, 3.8) is 0 Å². The normalized spacial score (nSPS) is 11.7. The summed E-state index contributed by atoms with van der Waals surface area (Å²) >= 11 is 1.46. The van der Waals surface area contributed by atoms with Crippen LogP contribution in [0.3, 0.4) is 0 Å². The minimum Gasteiger partial charge on any atom is -0.481 e. The van der Waals surface area contributed by atoms with E-state index in [1.54, 1.807) is 6.07 Å². The maximum absolute atomic E-state index is 12.4. The van der Waals surface area contributed by atoms with Gasteiger partial charge >= 0.3 is 12.1 Å². The van der Waals surface area contributed by atoms with Crippen LogP contribution in [0.1, 0.15) is 23.5 Å². The number of furan rings is 1. The summed E-state index contributed by atoms with van der Waals surface area (Å²) in [5, 5.41) is 11.7. The molecule has 2 N–H and O–H groups in total. The molecule has 2 aromatic carbocycles. The average molecular weight is 448 g/mol. The summed E-state index contributed by atoms with van der Waals surface area (Å²) in [5.41, 5.74) is 3.20. The third-order valence-electron chi connectivity index (χ3n) is 4.87. The number of carboxylic acid groups (broad SMARTS) is 1. The first-order chi connectivity index (χ1) is 15.5. The first kappa shape index (κ1) is 21.4. The van der Waals surface area contributed by atoms with Crippen LogP contribution in [0, 0.1) is 0 Å². The van der Waals surface area contributed by atoms with Gasteiger partial charge in [0.2, 0.25) is 0 Å². The molecule has 1 amide bonds. The van der Waals surface area contributed by atoms with Gasteiger partial charge in [0, 0.05) is 21.4 Å². The molecule has 162 valence electrons. The molecule has 0 radical (unpaired) electrons. The minimum absolute atomic E-state index is 0.0170. The van der Waals surface area contributed by atoms with E-state index in [-0.39, 0.29) is 12.5 Å². The van der Waals surface area contributed by atoms with Gasteiger partial charge in [0.1, 0.15) is 6.10 Å². The number of benzene rings is 2. The largest absolute Gasteiger partial charge is 0.481 e. The van der Waals surface area contributed by atoms with Gasteiger partial charge in [0.25, 0.3) is 0 Å². The molecule has 0 fully saturated rings. The lowest BCUT2D eigenvalue weighted by molar-refractivity contribution is -0.136. The van der Waals surface area contributed by atoms with Crippen LogP contribution in [0.4, 0.5) is 10.5 Å². The van der Waals surface area contributed by atoms with Crippen molar-refractivity contribution in [3.05, 3.63) is 89.5 Å². The quantitative estimate of drug-likeness (QED) is 0.333. The van der Waals surface area contributed by atoms with Crippen LogP contribution in [0.25, 0.3) is 21.8 Å². The van der Waals surface area contributed by atoms with E-state index in [9.17, 15) is 9.59 Å². The number of rotatable bonds is 7. The van der Waals surface area contributed by atoms with Crippen molar-refractivity contribution in [1.82, 2.24) is 0 Å². The maximum atomic E-state index is 12.4. The van der Waals surface area contributed by atoms with Crippen molar-refractivity contribution in [1.29, 1.82) is 0 Å². The summed E-state index contributed by atoms with van der Waals surface area (Å²) in [6.45, 7) is 1.82. The van der Waals surface area contributed by atoms with Crippen molar-refractivity contribution in [2.24, 2.45) is 0 Å². The van der Waals surface area contributed by atoms with Gasteiger partial charge in [-0.25, -0.2) is 4.79 Å². The van der Waals surface area contributed by atoms with E-state index in [4.69, 9.17) is 14.3 Å². The number of hydrogen-bond donors (Lipinski definition) is 2. The van der Waals surface area contributed by atoms with E-state index in [0.717, 1.165) is 26.4 Å². The monoisotopic (exact) mass is 447 g/mol. The van der Waals surface area contributed by atoms with Crippen LogP contribution < -0.4 is 5.32 Å². The van der Waals surface area contributed by atoms with Crippen LogP contribution in [0.15, 0.2) is 83.5 Å². The van der Waals surface area contributed by atoms with Gasteiger partial charge in [-0.2, -0.15) is 0 Å². The Bertz CT molecular complexity index is 1210. The average Bonchev–Trinajstić information content (AvgIpc) is 3.43. The van der Waals surface area contributed by atoms with Crippen LogP contribution in [-0.2, 0) is 16.0 Å². The van der Waals surface area contributed by atoms with E-state index in [1.807, 2.05) is 73.7 Å². The Balaban J connectivity index is 1.44. The van der Waals surface area contributed by atoms with Crippen molar-refractivity contribution in [3.8, 4) is 21.8 Å². The number of hydrogen-bond acceptors (Lipinski definition) is 5. The zero-order valence-electron chi connectivity index (χ0n) is 17.3. The summed E-state index contributed by atoms with van der Waals surface area (Å²) in [4.78, 5) is 25.1. The number of ether oxygens (including phenoxy) is 1. The second kappa shape index (κ2) is 9.53. The zero-order chi connectivity index (χ0) is 22.5. The fraction of sp³-hybridized carbons (Fsp3) is 0.120. The van der Waals surface area contributed by atoms with Gasteiger partial charge in [-0.05, 0) is 30.2 Å². The molecule has 32 heavy (non-hydrogen) atoms. The summed E-state index contributed by atoms with van der Waals surface area (Å²) in [6, 6.07) is 22.6. The third kappa shape index (κ3) is 5.07. The number of anilines is 1. The first-order valence-electron chi connectivity index (χ1n) is 10.0. The highest BCUT2D eigenvalue weighted by atomic mass is 32.1. The highest BCUT2D eigenvalue weighted by molar-refractivity contribution is 7.15. The lowest BCUT2D eigenvalue weighted by Gasteiger charge is -2.14. The lowest BCUT2D eigenvalue weighted by atomic mass is 10.1. The Morgan fingerprint density at radius 1 is 1.00 bits per heavy atom. The number of aliphatic carboxylic acids is 1. The molecular formula is C25H21NO5S. The molecule has 2 heterocycles. The Kier molecular flexibility index (Phi) is 6.37. The molecule has 7 heteroatoms. The lowest BCUT2D eigenvalue weighted by Crippen LogP contribution is -2.16. The van der Waals surface area contributed by atoms with Crippen LogP contribution >= 0.6 is 11.3 Å². The number of carbonyl (C=O) groups is 2. The third-order valence-corrected chi connectivity index (χ3v) is 6.01. The number of thiophene rings is 1. The van der Waals surface area contributed by atoms with Crippen LogP contribution in [-0.4, -0.2) is 17.2 Å². The summed E-state index contributed by atoms with van der Waals surface area (Å²) < 4.78 is 11.1. The maximum Gasteiger partial charge on any atom is 0.412 e. The standard InChI is InChI=1S/C25H21NO5S/c1-16(17-5-3-2-4-6-17)31-25(29)26-21-13-14-30-24(21)19-9-7-18(8-10-19)22-12-11-20(32-22)15-23(27)28/h2-14,16H,15H2,1H3,(H,26,29)(H,27,28). The number of carboxylic acids is 1. The van der Waals surface area contributed by atoms with Gasteiger partial charge in [-0.3, -0.25) is 10.1 Å². The Morgan fingerprint density at radius 2 is 1.72 bits per heavy atom. The molecule has 2 aromatic heterocycles. The highest BCUT2D eigenvalue weighted by Crippen LogP contribution is 2.33. The van der Waals surface area contributed by atoms with Crippen molar-refractivity contribution in [2.75, 3.05) is 5.32 Å². The fourth-order valence-corrected chi connectivity index (χ4v) is 4.29. The summed E-state index contributed by atoms with van der Waals surface area (Å²) in [5.74, 6) is -0.318. The number of nitrogens with one attached hydrogen (secondary N) is 1. The van der Waals surface area contributed by atoms with E-state index >= 15 is 0 Å². The molecule has 0 aliphatic rings. The first-order valence-corrected chi connectivity index (χ1v) is 10.8. The van der Waals surface area contributed by atoms with Gasteiger partial charge < -0.3 is 14.3 Å². The predicted octanol–water partition coefficient (Wildman–Crippen LogP) is 6.61. The number of amides is 1. The van der Waals surface area contributed by atoms with Crippen molar-refractivity contribution < 1.29 is 23.8 Å². The van der Waals surface area contributed by atoms with Gasteiger partial charge in [0.05, 0.1) is 18.4 Å². The zero-order valence-corrected chi connectivity index (χ0v) is 18.1. The van der Waals surface area contributed by atoms with Crippen LogP contribution in [0.5, 0.6) is 0 Å². The van der Waals surface area contributed by atoms with E-state index < -0.39 is 12.1 Å². The Morgan fingerprint density at radius 3 is 2.44 bits per heavy atom. The van der Waals surface area contributed by atoms with Crippen molar-refractivity contribution >= 4 is 29.1 Å². The minimum atomic E-state index is -0.844. The molecule has 4 rings (SSSR count). The van der Waals surface area contributed by atoms with Gasteiger partial charge in [-0.1, -0.05) is 54.6 Å². The van der Waals surface area contributed by atoms with Crippen molar-refractivity contribution in [2.45, 2.75) is 19.4 Å². The van der Waals surface area contributed by atoms with Gasteiger partial charge in [-0.15, -0.1) is 11.3 Å². The summed E-state index contributed by atoms with van der Waals surface area (Å²) in [7, 11) is 0. The smallest absolute Gasteiger partial charge is 0.412 e. The molecule has 0 spiro atoms. The van der Waals surface area contributed by atoms with E-state index in [2.05, 4.69) is 5.32 Å². The second-order valence-corrected chi connectivity index (χ2v) is 8.33. The molecule has 0 bridgehead atoms. The molecule has 1 atom stereocenters. The predicted molar refractivity (Wildman–Crippen MR) is 124 cm³/mol. The van der Waals surface area contributed by atoms with Gasteiger partial charge in [0.15, 0.2) is 5.76 Å². The molecular weight excluding hydrogens is 426 g/mol. The topological polar surface area (TPSA) is 88.8 Å². The molecule has 0 aliphatic carbocycles. The SMILES string of the molecule is CC(OC(=O)Nc1ccoc1-c1ccc(-c2ccc(CC(=O)O)s2)cc1)c1ccccc1. The fourth-order valence-electron chi connectivity index (χ4n) is 3.29. The molecule has 0 saturated heterocycles. The molecule has 4 aromatic rings. The Hall–Kier alpha value is -3.84. The second-order valence-electron chi connectivity index (χ2n) is 7.16. The highest BCUT2D eigenvalue weighted by Gasteiger charge is 2.16. The van der Waals surface area contributed by atoms with Crippen LogP contribution in [0.2, 0.25) is 0 Å². The van der Waals surface area contributed by atoms with E-state index in [1.165, 1.54) is 17.6 Å².